The minimum absolute atomic E-state index is 0.0573. The summed E-state index contributed by atoms with van der Waals surface area (Å²) in [6.45, 7) is 13.3. The van der Waals surface area contributed by atoms with E-state index in [1.54, 1.807) is 0 Å². The fourth-order valence-electron chi connectivity index (χ4n) is 2.83. The van der Waals surface area contributed by atoms with E-state index in [-0.39, 0.29) is 12.1 Å². The summed E-state index contributed by atoms with van der Waals surface area (Å²) >= 11 is 0. The standard InChI is InChI=1S/C15H32N2O/c1-5-13(4)10-17(7-3)11-15(12-18,16-6-2)14-8-9-14/h13-14,16,18H,5-12H2,1-4H3. The smallest absolute Gasteiger partial charge is 0.0628 e. The maximum Gasteiger partial charge on any atom is 0.0628 e. The number of hydrogen-bond acceptors (Lipinski definition) is 3. The molecule has 3 nitrogen and oxygen atoms in total. The molecule has 0 heterocycles. The number of aliphatic hydroxyl groups is 1. The zero-order chi connectivity index (χ0) is 13.6. The van der Waals surface area contributed by atoms with Gasteiger partial charge in [0, 0.05) is 13.1 Å². The highest BCUT2D eigenvalue weighted by Crippen LogP contribution is 2.40. The molecule has 18 heavy (non-hydrogen) atoms. The molecule has 2 N–H and O–H groups in total. The molecule has 0 aromatic carbocycles. The minimum atomic E-state index is -0.0573. The van der Waals surface area contributed by atoms with Gasteiger partial charge in [-0.25, -0.2) is 0 Å². The molecule has 1 rings (SSSR count). The van der Waals surface area contributed by atoms with E-state index in [2.05, 4.69) is 37.9 Å². The third kappa shape index (κ3) is 4.22. The van der Waals surface area contributed by atoms with Gasteiger partial charge in [0.2, 0.25) is 0 Å². The highest BCUT2D eigenvalue weighted by molar-refractivity contribution is 5.02. The predicted octanol–water partition coefficient (Wildman–Crippen LogP) is 2.10. The van der Waals surface area contributed by atoms with Crippen LogP contribution in [0.25, 0.3) is 0 Å². The lowest BCUT2D eigenvalue weighted by Gasteiger charge is -2.38. The van der Waals surface area contributed by atoms with Gasteiger partial charge in [-0.1, -0.05) is 34.1 Å². The van der Waals surface area contributed by atoms with Crippen molar-refractivity contribution in [1.29, 1.82) is 0 Å². The number of hydrogen-bond donors (Lipinski definition) is 2. The van der Waals surface area contributed by atoms with E-state index >= 15 is 0 Å². The van der Waals surface area contributed by atoms with Gasteiger partial charge in [0.05, 0.1) is 12.1 Å². The summed E-state index contributed by atoms with van der Waals surface area (Å²) in [5.74, 6) is 1.41. The quantitative estimate of drug-likeness (QED) is 0.628. The van der Waals surface area contributed by atoms with Crippen LogP contribution in [0.15, 0.2) is 0 Å². The van der Waals surface area contributed by atoms with Crippen LogP contribution in [-0.2, 0) is 0 Å². The molecule has 0 saturated heterocycles. The summed E-state index contributed by atoms with van der Waals surface area (Å²) in [6, 6.07) is 0. The van der Waals surface area contributed by atoms with Crippen molar-refractivity contribution in [1.82, 2.24) is 10.2 Å². The van der Waals surface area contributed by atoms with Crippen LogP contribution in [0.2, 0.25) is 0 Å². The average molecular weight is 256 g/mol. The Morgan fingerprint density at radius 2 is 2.00 bits per heavy atom. The summed E-state index contributed by atoms with van der Waals surface area (Å²) in [7, 11) is 0. The van der Waals surface area contributed by atoms with Crippen molar-refractivity contribution in [2.45, 2.75) is 52.5 Å². The van der Waals surface area contributed by atoms with E-state index in [9.17, 15) is 5.11 Å². The van der Waals surface area contributed by atoms with Crippen LogP contribution < -0.4 is 5.32 Å². The van der Waals surface area contributed by atoms with Gasteiger partial charge in [-0.2, -0.15) is 0 Å². The van der Waals surface area contributed by atoms with E-state index in [4.69, 9.17) is 0 Å². The number of aliphatic hydroxyl groups excluding tert-OH is 1. The molecule has 0 radical (unpaired) electrons. The van der Waals surface area contributed by atoms with Crippen LogP contribution in [0.3, 0.4) is 0 Å². The van der Waals surface area contributed by atoms with Gasteiger partial charge in [-0.3, -0.25) is 0 Å². The molecule has 0 aliphatic heterocycles. The Labute approximate surface area is 113 Å². The number of nitrogens with one attached hydrogen (secondary N) is 1. The van der Waals surface area contributed by atoms with E-state index < -0.39 is 0 Å². The fraction of sp³-hybridized carbons (Fsp3) is 1.00. The molecule has 1 fully saturated rings. The van der Waals surface area contributed by atoms with Crippen LogP contribution in [-0.4, -0.2) is 48.3 Å². The number of nitrogens with zero attached hydrogens (tertiary/aromatic N) is 1. The topological polar surface area (TPSA) is 35.5 Å². The monoisotopic (exact) mass is 256 g/mol. The SMILES string of the molecule is CCNC(CO)(CN(CC)CC(C)CC)C1CC1. The van der Waals surface area contributed by atoms with Crippen LogP contribution in [0.1, 0.15) is 47.0 Å². The molecule has 2 atom stereocenters. The summed E-state index contributed by atoms with van der Waals surface area (Å²) in [5, 5.41) is 13.4. The van der Waals surface area contributed by atoms with Gasteiger partial charge in [0.15, 0.2) is 0 Å². The largest absolute Gasteiger partial charge is 0.394 e. The Morgan fingerprint density at radius 3 is 2.39 bits per heavy atom. The van der Waals surface area contributed by atoms with Gasteiger partial charge < -0.3 is 15.3 Å². The second-order valence-corrected chi connectivity index (χ2v) is 5.96. The van der Waals surface area contributed by atoms with Crippen molar-refractivity contribution in [2.75, 3.05) is 32.8 Å². The molecule has 1 saturated carbocycles. The zero-order valence-electron chi connectivity index (χ0n) is 12.7. The van der Waals surface area contributed by atoms with Gasteiger partial charge in [-0.05, 0) is 37.8 Å². The lowest BCUT2D eigenvalue weighted by molar-refractivity contribution is 0.0874. The molecule has 2 unspecified atom stereocenters. The van der Waals surface area contributed by atoms with Crippen LogP contribution in [0.4, 0.5) is 0 Å². The lowest BCUT2D eigenvalue weighted by Crippen LogP contribution is -2.58. The van der Waals surface area contributed by atoms with Crippen LogP contribution in [0, 0.1) is 11.8 Å². The van der Waals surface area contributed by atoms with E-state index in [1.807, 2.05) is 0 Å². The number of likely N-dealkylation sites (N-methyl/N-ethyl adjacent to an activating group) is 2. The summed E-state index contributed by atoms with van der Waals surface area (Å²) in [6.07, 6.45) is 3.77. The first-order valence-corrected chi connectivity index (χ1v) is 7.70. The second kappa shape index (κ2) is 7.46. The Hall–Kier alpha value is -0.120. The van der Waals surface area contributed by atoms with Crippen LogP contribution >= 0.6 is 0 Å². The lowest BCUT2D eigenvalue weighted by atomic mass is 9.92. The maximum atomic E-state index is 9.86. The fourth-order valence-corrected chi connectivity index (χ4v) is 2.83. The first-order chi connectivity index (χ1) is 8.61. The molecule has 1 aliphatic carbocycles. The Bertz CT molecular complexity index is 231. The van der Waals surface area contributed by atoms with E-state index in [1.165, 1.54) is 19.3 Å². The average Bonchev–Trinajstić information content (AvgIpc) is 3.21. The van der Waals surface area contributed by atoms with Crippen molar-refractivity contribution < 1.29 is 5.11 Å². The van der Waals surface area contributed by atoms with Gasteiger partial charge >= 0.3 is 0 Å². The van der Waals surface area contributed by atoms with Crippen LogP contribution in [0.5, 0.6) is 0 Å². The normalized spacial score (nSPS) is 21.0. The highest BCUT2D eigenvalue weighted by atomic mass is 16.3. The molecule has 3 heteroatoms. The van der Waals surface area contributed by atoms with Crippen molar-refractivity contribution in [3.8, 4) is 0 Å². The molecule has 0 aromatic rings. The number of rotatable bonds is 10. The van der Waals surface area contributed by atoms with Gasteiger partial charge in [-0.15, -0.1) is 0 Å². The summed E-state index contributed by atoms with van der Waals surface area (Å²) in [5.41, 5.74) is -0.0573. The van der Waals surface area contributed by atoms with Crippen molar-refractivity contribution >= 4 is 0 Å². The Morgan fingerprint density at radius 1 is 1.33 bits per heavy atom. The third-order valence-corrected chi connectivity index (χ3v) is 4.39. The van der Waals surface area contributed by atoms with Crippen molar-refractivity contribution in [3.05, 3.63) is 0 Å². The molecule has 0 spiro atoms. The first-order valence-electron chi connectivity index (χ1n) is 7.70. The molecule has 0 aromatic heterocycles. The van der Waals surface area contributed by atoms with Crippen molar-refractivity contribution in [2.24, 2.45) is 11.8 Å². The summed E-state index contributed by atoms with van der Waals surface area (Å²) in [4.78, 5) is 2.51. The third-order valence-electron chi connectivity index (χ3n) is 4.39. The van der Waals surface area contributed by atoms with E-state index in [0.717, 1.165) is 32.1 Å². The minimum Gasteiger partial charge on any atom is -0.394 e. The molecule has 108 valence electrons. The maximum absolute atomic E-state index is 9.86. The van der Waals surface area contributed by atoms with Crippen molar-refractivity contribution in [3.63, 3.8) is 0 Å². The predicted molar refractivity (Wildman–Crippen MR) is 77.8 cm³/mol. The van der Waals surface area contributed by atoms with Gasteiger partial charge in [0.25, 0.3) is 0 Å². The summed E-state index contributed by atoms with van der Waals surface area (Å²) < 4.78 is 0. The first kappa shape index (κ1) is 15.9. The van der Waals surface area contributed by atoms with Gasteiger partial charge in [0.1, 0.15) is 0 Å². The highest BCUT2D eigenvalue weighted by Gasteiger charge is 2.45. The second-order valence-electron chi connectivity index (χ2n) is 5.96. The Balaban J connectivity index is 2.61. The zero-order valence-corrected chi connectivity index (χ0v) is 12.7. The molecule has 0 amide bonds. The molecule has 1 aliphatic rings. The molecular formula is C15H32N2O. The molecule has 0 bridgehead atoms. The molecular weight excluding hydrogens is 224 g/mol. The Kier molecular flexibility index (Phi) is 6.61. The van der Waals surface area contributed by atoms with E-state index in [0.29, 0.717) is 5.92 Å².